The number of likely N-dealkylation sites (tertiary alicyclic amines) is 1. The molecule has 0 radical (unpaired) electrons. The summed E-state index contributed by atoms with van der Waals surface area (Å²) >= 11 is 1.57. The smallest absolute Gasteiger partial charge is 0.261 e. The SMILES string of the molecule is COc1ccc2ncc(F)c(CCN3CC[C@@H](NC(=O)c4cc5c(s4)CCC5)[C@@H](O)C3)c2n1.Cl. The van der Waals surface area contributed by atoms with Gasteiger partial charge in [-0.3, -0.25) is 9.78 Å². The van der Waals surface area contributed by atoms with Crippen LogP contribution in [-0.4, -0.2) is 64.8 Å². The van der Waals surface area contributed by atoms with Crippen molar-refractivity contribution in [2.24, 2.45) is 0 Å². The fourth-order valence-electron chi connectivity index (χ4n) is 4.75. The van der Waals surface area contributed by atoms with Crippen LogP contribution in [0.5, 0.6) is 5.88 Å². The van der Waals surface area contributed by atoms with Gasteiger partial charge in [0.25, 0.3) is 5.91 Å². The Kier molecular flexibility index (Phi) is 7.67. The van der Waals surface area contributed by atoms with Crippen LogP contribution < -0.4 is 10.1 Å². The highest BCUT2D eigenvalue weighted by Crippen LogP contribution is 2.30. The number of aliphatic hydroxyl groups is 1. The average molecular weight is 507 g/mol. The minimum Gasteiger partial charge on any atom is -0.481 e. The number of hydrogen-bond donors (Lipinski definition) is 2. The van der Waals surface area contributed by atoms with Crippen molar-refractivity contribution in [1.29, 1.82) is 0 Å². The fraction of sp³-hybridized carbons (Fsp3) is 0.458. The van der Waals surface area contributed by atoms with Gasteiger partial charge in [-0.05, 0) is 49.8 Å². The molecule has 182 valence electrons. The van der Waals surface area contributed by atoms with Crippen LogP contribution in [0.2, 0.25) is 0 Å². The summed E-state index contributed by atoms with van der Waals surface area (Å²) in [6.45, 7) is 1.71. The third-order valence-corrected chi connectivity index (χ3v) is 7.82. The predicted octanol–water partition coefficient (Wildman–Crippen LogP) is 3.16. The van der Waals surface area contributed by atoms with Crippen LogP contribution in [-0.2, 0) is 19.3 Å². The summed E-state index contributed by atoms with van der Waals surface area (Å²) < 4.78 is 19.7. The number of aromatic nitrogens is 2. The molecule has 2 N–H and O–H groups in total. The summed E-state index contributed by atoms with van der Waals surface area (Å²) in [6.07, 6.45) is 4.91. The number of rotatable bonds is 6. The summed E-state index contributed by atoms with van der Waals surface area (Å²) in [5, 5.41) is 13.7. The number of hydrogen-bond acceptors (Lipinski definition) is 7. The fourth-order valence-corrected chi connectivity index (χ4v) is 5.90. The highest BCUT2D eigenvalue weighted by Gasteiger charge is 2.30. The van der Waals surface area contributed by atoms with E-state index in [0.29, 0.717) is 55.0 Å². The number of aryl methyl sites for hydroxylation is 2. The first kappa shape index (κ1) is 24.8. The topological polar surface area (TPSA) is 87.6 Å². The molecule has 10 heteroatoms. The number of thiophene rings is 1. The van der Waals surface area contributed by atoms with E-state index in [4.69, 9.17) is 4.74 Å². The highest BCUT2D eigenvalue weighted by molar-refractivity contribution is 7.14. The molecule has 34 heavy (non-hydrogen) atoms. The summed E-state index contributed by atoms with van der Waals surface area (Å²) in [5.74, 6) is -0.0786. The number of nitrogens with zero attached hydrogens (tertiary/aromatic N) is 3. The molecule has 0 bridgehead atoms. The molecule has 2 aliphatic rings. The average Bonchev–Trinajstić information content (AvgIpc) is 3.42. The molecule has 0 saturated carbocycles. The van der Waals surface area contributed by atoms with Gasteiger partial charge in [-0.2, -0.15) is 0 Å². The number of pyridine rings is 2. The maximum atomic E-state index is 14.6. The monoisotopic (exact) mass is 506 g/mol. The van der Waals surface area contributed by atoms with Crippen LogP contribution in [0.4, 0.5) is 4.39 Å². The first-order valence-electron chi connectivity index (χ1n) is 11.3. The van der Waals surface area contributed by atoms with E-state index in [0.717, 1.165) is 17.7 Å². The number of aliphatic hydroxyl groups excluding tert-OH is 1. The molecule has 1 fully saturated rings. The van der Waals surface area contributed by atoms with Crippen molar-refractivity contribution in [2.75, 3.05) is 26.7 Å². The Morgan fingerprint density at radius 3 is 3.00 bits per heavy atom. The van der Waals surface area contributed by atoms with Crippen LogP contribution in [0.15, 0.2) is 24.4 Å². The van der Waals surface area contributed by atoms with Crippen molar-refractivity contribution < 1.29 is 19.0 Å². The van der Waals surface area contributed by atoms with Crippen molar-refractivity contribution in [2.45, 2.75) is 44.2 Å². The molecule has 1 aliphatic heterocycles. The Balaban J connectivity index is 0.00000274. The van der Waals surface area contributed by atoms with Crippen molar-refractivity contribution in [3.8, 4) is 5.88 Å². The van der Waals surface area contributed by atoms with Crippen LogP contribution >= 0.6 is 23.7 Å². The third kappa shape index (κ3) is 5.02. The molecule has 0 unspecified atom stereocenters. The van der Waals surface area contributed by atoms with E-state index in [1.54, 1.807) is 23.5 Å². The van der Waals surface area contributed by atoms with Gasteiger partial charge in [0.1, 0.15) is 5.82 Å². The van der Waals surface area contributed by atoms with Crippen LogP contribution in [0.1, 0.15) is 38.5 Å². The van der Waals surface area contributed by atoms with E-state index < -0.39 is 11.9 Å². The summed E-state index contributed by atoms with van der Waals surface area (Å²) in [7, 11) is 1.52. The largest absolute Gasteiger partial charge is 0.481 e. The Morgan fingerprint density at radius 1 is 1.38 bits per heavy atom. The first-order chi connectivity index (χ1) is 16.0. The minimum atomic E-state index is -0.674. The van der Waals surface area contributed by atoms with E-state index in [-0.39, 0.29) is 24.4 Å². The van der Waals surface area contributed by atoms with Gasteiger partial charge in [0, 0.05) is 36.1 Å². The van der Waals surface area contributed by atoms with Gasteiger partial charge in [0.05, 0.1) is 41.4 Å². The number of ether oxygens (including phenoxy) is 1. The van der Waals surface area contributed by atoms with Gasteiger partial charge < -0.3 is 20.1 Å². The van der Waals surface area contributed by atoms with Gasteiger partial charge in [-0.1, -0.05) is 0 Å². The molecule has 0 aromatic carbocycles. The van der Waals surface area contributed by atoms with Crippen molar-refractivity contribution in [3.05, 3.63) is 51.1 Å². The van der Waals surface area contributed by atoms with Gasteiger partial charge in [0.15, 0.2) is 0 Å². The minimum absolute atomic E-state index is 0. The van der Waals surface area contributed by atoms with Gasteiger partial charge in [-0.25, -0.2) is 9.37 Å². The molecular formula is C24H28ClFN4O3S. The van der Waals surface area contributed by atoms with E-state index in [1.807, 2.05) is 6.07 Å². The third-order valence-electron chi connectivity index (χ3n) is 6.58. The first-order valence-corrected chi connectivity index (χ1v) is 12.1. The second kappa shape index (κ2) is 10.5. The molecule has 4 heterocycles. The molecule has 2 atom stereocenters. The lowest BCUT2D eigenvalue weighted by Crippen LogP contribution is -2.54. The molecular weight excluding hydrogens is 479 g/mol. The maximum Gasteiger partial charge on any atom is 0.261 e. The number of nitrogens with one attached hydrogen (secondary N) is 1. The standard InChI is InChI=1S/C24H27FN4O3S.ClH/c1-32-22-6-5-18-23(28-22)15(16(25)12-26-18)7-9-29-10-8-17(19(30)13-29)27-24(31)21-11-14-3-2-4-20(14)33-21;/h5-6,11-12,17,19,30H,2-4,7-10,13H2,1H3,(H,27,31);1H/t17-,19+;/m1./s1. The molecule has 7 nitrogen and oxygen atoms in total. The number of β-amino-alcohol motifs (C(OH)–C–C–N with tert-alkyl or cyclic N) is 1. The quantitative estimate of drug-likeness (QED) is 0.534. The normalized spacial score (nSPS) is 20.1. The van der Waals surface area contributed by atoms with Crippen LogP contribution in [0.3, 0.4) is 0 Å². The van der Waals surface area contributed by atoms with Crippen LogP contribution in [0, 0.1) is 5.82 Å². The predicted molar refractivity (Wildman–Crippen MR) is 132 cm³/mol. The second-order valence-electron chi connectivity index (χ2n) is 8.71. The molecule has 1 aliphatic carbocycles. The van der Waals surface area contributed by atoms with Gasteiger partial charge >= 0.3 is 0 Å². The zero-order valence-electron chi connectivity index (χ0n) is 18.9. The second-order valence-corrected chi connectivity index (χ2v) is 9.84. The molecule has 3 aromatic rings. The number of methoxy groups -OCH3 is 1. The lowest BCUT2D eigenvalue weighted by Gasteiger charge is -2.36. The molecule has 3 aromatic heterocycles. The number of carbonyl (C=O) groups excluding carboxylic acids is 1. The zero-order chi connectivity index (χ0) is 22.9. The van der Waals surface area contributed by atoms with E-state index in [2.05, 4.69) is 20.2 Å². The number of amides is 1. The van der Waals surface area contributed by atoms with E-state index in [9.17, 15) is 14.3 Å². The Bertz CT molecular complexity index is 1170. The Labute approximate surface area is 207 Å². The van der Waals surface area contributed by atoms with Crippen molar-refractivity contribution >= 4 is 40.7 Å². The van der Waals surface area contributed by atoms with Gasteiger partial charge in [-0.15, -0.1) is 23.7 Å². The summed E-state index contributed by atoms with van der Waals surface area (Å²) in [5.41, 5.74) is 2.91. The molecule has 1 amide bonds. The zero-order valence-corrected chi connectivity index (χ0v) is 20.6. The molecule has 5 rings (SSSR count). The highest BCUT2D eigenvalue weighted by atomic mass is 35.5. The molecule has 1 saturated heterocycles. The lowest BCUT2D eigenvalue weighted by atomic mass is 10.0. The Hall–Kier alpha value is -2.33. The van der Waals surface area contributed by atoms with Gasteiger partial charge in [0.2, 0.25) is 5.88 Å². The summed E-state index contributed by atoms with van der Waals surface area (Å²) in [6, 6.07) is 5.19. The summed E-state index contributed by atoms with van der Waals surface area (Å²) in [4.78, 5) is 25.3. The molecule has 0 spiro atoms. The lowest BCUT2D eigenvalue weighted by molar-refractivity contribution is 0.0384. The van der Waals surface area contributed by atoms with Crippen LogP contribution in [0.25, 0.3) is 11.0 Å². The number of carbonyl (C=O) groups is 1. The van der Waals surface area contributed by atoms with Crippen molar-refractivity contribution in [1.82, 2.24) is 20.2 Å². The number of piperidine rings is 1. The maximum absolute atomic E-state index is 14.6. The van der Waals surface area contributed by atoms with Crippen molar-refractivity contribution in [3.63, 3.8) is 0 Å². The number of halogens is 2. The van der Waals surface area contributed by atoms with E-state index >= 15 is 0 Å². The Morgan fingerprint density at radius 2 is 2.24 bits per heavy atom. The number of fused-ring (bicyclic) bond motifs is 2. The van der Waals surface area contributed by atoms with E-state index in [1.165, 1.54) is 30.2 Å².